The molecule has 0 atom stereocenters. The van der Waals surface area contributed by atoms with Crippen LogP contribution in [0.3, 0.4) is 0 Å². The molecule has 0 amide bonds. The van der Waals surface area contributed by atoms with Gasteiger partial charge in [-0.15, -0.1) is 0 Å². The fourth-order valence-corrected chi connectivity index (χ4v) is 9.25. The average Bonchev–Trinajstić information content (AvgIpc) is 3.87. The normalized spacial score (nSPS) is 13.4. The molecule has 2 aliphatic rings. The summed E-state index contributed by atoms with van der Waals surface area (Å²) in [4.78, 5) is 5.03. The van der Waals surface area contributed by atoms with Gasteiger partial charge in [0.05, 0.1) is 17.6 Å². The van der Waals surface area contributed by atoms with Crippen LogP contribution in [0.15, 0.2) is 204 Å². The van der Waals surface area contributed by atoms with Crippen LogP contribution in [0.4, 0.5) is 5.69 Å². The van der Waals surface area contributed by atoms with Crippen LogP contribution in [0.5, 0.6) is 0 Å². The Bertz CT molecular complexity index is 2930. The highest BCUT2D eigenvalue weighted by Crippen LogP contribution is 2.63. The molecule has 9 aromatic rings. The Kier molecular flexibility index (Phi) is 7.30. The number of anilines is 1. The molecule has 0 saturated heterocycles. The topological polar surface area (TPSA) is 51.5 Å². The zero-order chi connectivity index (χ0) is 37.2. The fourth-order valence-electron chi connectivity index (χ4n) is 9.25. The van der Waals surface area contributed by atoms with E-state index < -0.39 is 0 Å². The van der Waals surface area contributed by atoms with Crippen molar-refractivity contribution in [2.45, 2.75) is 12.0 Å². The number of hydrogen-bond donors (Lipinski definition) is 1. The van der Waals surface area contributed by atoms with E-state index in [9.17, 15) is 0 Å². The maximum Gasteiger partial charge on any atom is 0.176 e. The number of nitrogens with zero attached hydrogens (tertiary/aromatic N) is 1. The monoisotopic (exact) mass is 716 g/mol. The predicted molar refractivity (Wildman–Crippen MR) is 230 cm³/mol. The van der Waals surface area contributed by atoms with Gasteiger partial charge in [0, 0.05) is 10.9 Å². The van der Waals surface area contributed by atoms with Crippen molar-refractivity contribution >= 4 is 22.4 Å². The van der Waals surface area contributed by atoms with E-state index in [1.165, 1.54) is 55.6 Å². The quantitative estimate of drug-likeness (QED) is 0.174. The number of fused-ring (bicyclic) bond motifs is 11. The van der Waals surface area contributed by atoms with Crippen molar-refractivity contribution in [3.05, 3.63) is 233 Å². The molecule has 11 rings (SSSR count). The van der Waals surface area contributed by atoms with E-state index in [1.807, 2.05) is 42.5 Å². The first-order chi connectivity index (χ1) is 27.7. The minimum Gasteiger partial charge on any atom is -0.452 e. The summed E-state index contributed by atoms with van der Waals surface area (Å²) in [5.74, 6) is 0.596. The highest BCUT2D eigenvalue weighted by Gasteiger charge is 2.51. The van der Waals surface area contributed by atoms with Gasteiger partial charge in [-0.05, 0) is 90.5 Å². The second kappa shape index (κ2) is 12.7. The van der Waals surface area contributed by atoms with Crippen LogP contribution in [-0.4, -0.2) is 5.71 Å². The van der Waals surface area contributed by atoms with E-state index in [4.69, 9.17) is 15.1 Å². The lowest BCUT2D eigenvalue weighted by Gasteiger charge is -2.30. The van der Waals surface area contributed by atoms with Gasteiger partial charge >= 0.3 is 0 Å². The largest absolute Gasteiger partial charge is 0.452 e. The minimum absolute atomic E-state index is 0.361. The van der Waals surface area contributed by atoms with Crippen molar-refractivity contribution in [2.75, 3.05) is 5.73 Å². The molecule has 2 aliphatic carbocycles. The molecule has 1 heterocycles. The maximum absolute atomic E-state index is 6.90. The highest BCUT2D eigenvalue weighted by molar-refractivity contribution is 6.17. The van der Waals surface area contributed by atoms with E-state index in [-0.39, 0.29) is 5.41 Å². The summed E-state index contributed by atoms with van der Waals surface area (Å²) < 4.78 is 6.46. The second-order valence-corrected chi connectivity index (χ2v) is 14.8. The van der Waals surface area contributed by atoms with Crippen molar-refractivity contribution in [1.82, 2.24) is 0 Å². The van der Waals surface area contributed by atoms with Gasteiger partial charge in [0.15, 0.2) is 5.76 Å². The summed E-state index contributed by atoms with van der Waals surface area (Å²) in [6.07, 6.45) is 0. The van der Waals surface area contributed by atoms with Crippen LogP contribution in [0.2, 0.25) is 0 Å². The number of aliphatic imine (C=N–C) groups is 1. The highest BCUT2D eigenvalue weighted by atomic mass is 16.3. The van der Waals surface area contributed by atoms with E-state index >= 15 is 0 Å². The zero-order valence-electron chi connectivity index (χ0n) is 30.6. The zero-order valence-corrected chi connectivity index (χ0v) is 30.6. The molecule has 1 aromatic heterocycles. The lowest BCUT2D eigenvalue weighted by Crippen LogP contribution is -2.25. The summed E-state index contributed by atoms with van der Waals surface area (Å²) in [6, 6.07) is 69.5. The van der Waals surface area contributed by atoms with Gasteiger partial charge in [-0.2, -0.15) is 0 Å². The van der Waals surface area contributed by atoms with Crippen LogP contribution >= 0.6 is 0 Å². The fraction of sp³-hybridized carbons (Fsp3) is 0.0377. The molecule has 0 aliphatic heterocycles. The molecule has 264 valence electrons. The standard InChI is InChI=1S/C53H36N2O/c54-50-44-31-38(28-30-49(44)56-52(50)51(37-15-5-2-6-16-37)55-33-34-13-3-1-4-14-34)35-23-25-36(26-24-35)39-27-29-43-42-19-9-12-22-47(42)53(48(43)32-39)45-20-10-7-17-40(45)41-18-8-11-21-46(41)53/h1-32H,33,54H2. The molecule has 8 aromatic carbocycles. The summed E-state index contributed by atoms with van der Waals surface area (Å²) in [5, 5.41) is 0.880. The molecule has 0 fully saturated rings. The van der Waals surface area contributed by atoms with Gasteiger partial charge in [0.1, 0.15) is 11.3 Å². The first kappa shape index (κ1) is 32.2. The van der Waals surface area contributed by atoms with Crippen molar-refractivity contribution in [1.29, 1.82) is 0 Å². The third-order valence-corrected chi connectivity index (χ3v) is 11.8. The van der Waals surface area contributed by atoms with Gasteiger partial charge < -0.3 is 10.2 Å². The number of furan rings is 1. The molecule has 2 N–H and O–H groups in total. The van der Waals surface area contributed by atoms with Crippen molar-refractivity contribution in [3.63, 3.8) is 0 Å². The van der Waals surface area contributed by atoms with Crippen molar-refractivity contribution in [2.24, 2.45) is 4.99 Å². The molecule has 1 spiro atoms. The van der Waals surface area contributed by atoms with Crippen LogP contribution in [0, 0.1) is 0 Å². The van der Waals surface area contributed by atoms with Crippen molar-refractivity contribution in [3.8, 4) is 44.5 Å². The van der Waals surface area contributed by atoms with Crippen LogP contribution in [-0.2, 0) is 12.0 Å². The maximum atomic E-state index is 6.90. The van der Waals surface area contributed by atoms with E-state index in [0.717, 1.165) is 38.9 Å². The minimum atomic E-state index is -0.361. The third-order valence-electron chi connectivity index (χ3n) is 11.8. The molecule has 0 unspecified atom stereocenters. The number of benzene rings is 8. The summed E-state index contributed by atoms with van der Waals surface area (Å²) >= 11 is 0. The Labute approximate surface area is 326 Å². The summed E-state index contributed by atoms with van der Waals surface area (Å²) in [7, 11) is 0. The first-order valence-electron chi connectivity index (χ1n) is 19.2. The third kappa shape index (κ3) is 4.81. The Balaban J connectivity index is 0.967. The lowest BCUT2D eigenvalue weighted by atomic mass is 9.70. The molecule has 3 nitrogen and oxygen atoms in total. The molecule has 0 bridgehead atoms. The molecule has 56 heavy (non-hydrogen) atoms. The molecule has 3 heteroatoms. The molecule has 0 radical (unpaired) electrons. The number of hydrogen-bond acceptors (Lipinski definition) is 3. The average molecular weight is 717 g/mol. The van der Waals surface area contributed by atoms with Crippen LogP contribution < -0.4 is 5.73 Å². The van der Waals surface area contributed by atoms with Gasteiger partial charge in [0.2, 0.25) is 0 Å². The summed E-state index contributed by atoms with van der Waals surface area (Å²) in [6.45, 7) is 0.526. The summed E-state index contributed by atoms with van der Waals surface area (Å²) in [5.41, 5.74) is 26.0. The van der Waals surface area contributed by atoms with Gasteiger partial charge in [0.25, 0.3) is 0 Å². The lowest BCUT2D eigenvalue weighted by molar-refractivity contribution is 0.606. The van der Waals surface area contributed by atoms with Gasteiger partial charge in [-0.1, -0.05) is 176 Å². The van der Waals surface area contributed by atoms with Crippen molar-refractivity contribution < 1.29 is 4.42 Å². The van der Waals surface area contributed by atoms with E-state index in [0.29, 0.717) is 18.0 Å². The Morgan fingerprint density at radius 1 is 0.464 bits per heavy atom. The SMILES string of the molecule is Nc1c(C(=NCc2ccccc2)c2ccccc2)oc2ccc(-c3ccc(-c4ccc5c(c4)C4(c6ccccc6-c6ccccc64)c4ccccc4-5)cc3)cc12. The van der Waals surface area contributed by atoms with Gasteiger partial charge in [-0.3, -0.25) is 4.99 Å². The predicted octanol–water partition coefficient (Wildman–Crippen LogP) is 12.7. The van der Waals surface area contributed by atoms with Crippen LogP contribution in [0.1, 0.15) is 39.1 Å². The van der Waals surface area contributed by atoms with E-state index in [1.54, 1.807) is 0 Å². The number of rotatable bonds is 6. The Morgan fingerprint density at radius 2 is 0.946 bits per heavy atom. The number of nitrogen functional groups attached to an aromatic ring is 1. The molecular formula is C53H36N2O. The molecular weight excluding hydrogens is 681 g/mol. The van der Waals surface area contributed by atoms with Gasteiger partial charge in [-0.25, -0.2) is 0 Å². The first-order valence-corrected chi connectivity index (χ1v) is 19.2. The Hall–Kier alpha value is -7.23. The van der Waals surface area contributed by atoms with Crippen LogP contribution in [0.25, 0.3) is 55.5 Å². The molecule has 0 saturated carbocycles. The van der Waals surface area contributed by atoms with E-state index in [2.05, 4.69) is 152 Å². The smallest absolute Gasteiger partial charge is 0.176 e. The number of nitrogens with two attached hydrogens (primary N) is 1. The Morgan fingerprint density at radius 3 is 1.55 bits per heavy atom. The second-order valence-electron chi connectivity index (χ2n) is 14.8.